The highest BCUT2D eigenvalue weighted by Gasteiger charge is 2.43. The van der Waals surface area contributed by atoms with Gasteiger partial charge in [-0.15, -0.1) is 0 Å². The molecule has 346 valence electrons. The summed E-state index contributed by atoms with van der Waals surface area (Å²) in [6, 6.07) is 48.8. The molecule has 0 fully saturated rings. The van der Waals surface area contributed by atoms with E-state index in [4.69, 9.17) is 19.2 Å². The number of fused-ring (bicyclic) bond motifs is 1. The van der Waals surface area contributed by atoms with Crippen molar-refractivity contribution in [3.63, 3.8) is 0 Å². The van der Waals surface area contributed by atoms with Crippen molar-refractivity contribution in [2.24, 2.45) is 0 Å². The zero-order chi connectivity index (χ0) is 48.2. The van der Waals surface area contributed by atoms with Crippen LogP contribution in [-0.4, -0.2) is 49.6 Å². The van der Waals surface area contributed by atoms with Crippen LogP contribution >= 0.6 is 0 Å². The Bertz CT molecular complexity index is 2920. The Kier molecular flexibility index (Phi) is 13.1. The summed E-state index contributed by atoms with van der Waals surface area (Å²) in [5.41, 5.74) is 1.73. The number of nitrogens with one attached hydrogen (secondary N) is 1. The molecule has 8 aromatic rings. The molecule has 0 aliphatic heterocycles. The first kappa shape index (κ1) is 46.5. The number of halogens is 1. The highest BCUT2D eigenvalue weighted by atomic mass is 19.1. The SMILES string of the molecule is CCOc1cc(O)c(F)c(C(Nc2ccc3c(N(C(=O)OC(C)(C)C)C(=O)OC(C)(C)C)nccc3c2)c2nc(-c3ccccc3)cn2C(c2ccccc2)(c2ccccc2)c2ccccc2)c1. The number of aromatic hydroxyl groups is 1. The zero-order valence-corrected chi connectivity index (χ0v) is 39.1. The predicted molar refractivity (Wildman–Crippen MR) is 264 cm³/mol. The molecule has 0 radical (unpaired) electrons. The fourth-order valence-electron chi connectivity index (χ4n) is 8.38. The number of hydrogen-bond donors (Lipinski definition) is 2. The smallest absolute Gasteiger partial charge is 0.425 e. The van der Waals surface area contributed by atoms with Crippen LogP contribution < -0.4 is 15.0 Å². The van der Waals surface area contributed by atoms with Gasteiger partial charge < -0.3 is 29.2 Å². The number of carbonyl (C=O) groups excluding carboxylic acids is 2. The van der Waals surface area contributed by atoms with E-state index in [1.807, 2.05) is 104 Å². The molecule has 0 spiro atoms. The molecule has 6 aromatic carbocycles. The maximum absolute atomic E-state index is 17.1. The fraction of sp³-hybridized carbons (Fsp3) is 0.214. The topological polar surface area (TPSA) is 128 Å². The number of imidazole rings is 1. The third kappa shape index (κ3) is 9.62. The van der Waals surface area contributed by atoms with Gasteiger partial charge in [-0.05, 0) is 101 Å². The minimum atomic E-state index is -1.12. The Morgan fingerprint density at radius 3 is 1.76 bits per heavy atom. The summed E-state index contributed by atoms with van der Waals surface area (Å²) in [5.74, 6) is -0.823. The molecule has 12 heteroatoms. The molecule has 0 saturated carbocycles. The third-order valence-electron chi connectivity index (χ3n) is 11.1. The number of carbonyl (C=O) groups is 2. The van der Waals surface area contributed by atoms with Gasteiger partial charge in [0.05, 0.1) is 12.3 Å². The predicted octanol–water partition coefficient (Wildman–Crippen LogP) is 13.1. The normalized spacial score (nSPS) is 12.3. The van der Waals surface area contributed by atoms with Gasteiger partial charge in [-0.2, -0.15) is 4.90 Å². The lowest BCUT2D eigenvalue weighted by molar-refractivity contribution is 0.0429. The van der Waals surface area contributed by atoms with Crippen LogP contribution in [0.3, 0.4) is 0 Å². The molecule has 2 amide bonds. The Labute approximate surface area is 395 Å². The van der Waals surface area contributed by atoms with Crippen LogP contribution in [0.5, 0.6) is 11.5 Å². The molecule has 8 rings (SSSR count). The van der Waals surface area contributed by atoms with Gasteiger partial charge >= 0.3 is 12.2 Å². The van der Waals surface area contributed by atoms with Crippen LogP contribution in [0.15, 0.2) is 170 Å². The van der Waals surface area contributed by atoms with Crippen LogP contribution in [0.2, 0.25) is 0 Å². The number of imide groups is 1. The van der Waals surface area contributed by atoms with Crippen LogP contribution in [0.25, 0.3) is 22.0 Å². The Morgan fingerprint density at radius 1 is 0.721 bits per heavy atom. The number of phenols is 1. The number of anilines is 2. The first-order valence-corrected chi connectivity index (χ1v) is 22.5. The zero-order valence-electron chi connectivity index (χ0n) is 39.1. The van der Waals surface area contributed by atoms with Crippen molar-refractivity contribution in [3.05, 3.63) is 204 Å². The van der Waals surface area contributed by atoms with Gasteiger partial charge in [0.2, 0.25) is 0 Å². The van der Waals surface area contributed by atoms with Gasteiger partial charge in [-0.25, -0.2) is 23.9 Å². The number of hydrogen-bond acceptors (Lipinski definition) is 9. The van der Waals surface area contributed by atoms with E-state index in [9.17, 15) is 14.7 Å². The number of pyridine rings is 1. The average Bonchev–Trinajstić information content (AvgIpc) is 3.75. The summed E-state index contributed by atoms with van der Waals surface area (Å²) in [5, 5.41) is 15.9. The van der Waals surface area contributed by atoms with Crippen LogP contribution in [0.4, 0.5) is 25.5 Å². The molecule has 0 saturated heterocycles. The summed E-state index contributed by atoms with van der Waals surface area (Å²) in [7, 11) is 0. The van der Waals surface area contributed by atoms with Gasteiger partial charge in [0.15, 0.2) is 17.4 Å². The van der Waals surface area contributed by atoms with E-state index in [0.29, 0.717) is 28.0 Å². The largest absolute Gasteiger partial charge is 0.505 e. The minimum Gasteiger partial charge on any atom is -0.505 e. The second kappa shape index (κ2) is 19.1. The summed E-state index contributed by atoms with van der Waals surface area (Å²) in [6.45, 7) is 12.3. The van der Waals surface area contributed by atoms with E-state index in [2.05, 4.69) is 51.3 Å². The molecule has 0 bridgehead atoms. The minimum absolute atomic E-state index is 0.00380. The number of nitrogens with zero attached hydrogens (tertiary/aromatic N) is 4. The lowest BCUT2D eigenvalue weighted by atomic mass is 9.76. The lowest BCUT2D eigenvalue weighted by Gasteiger charge is -2.39. The van der Waals surface area contributed by atoms with Gasteiger partial charge in [0.25, 0.3) is 0 Å². The van der Waals surface area contributed by atoms with Gasteiger partial charge in [-0.3, -0.25) is 0 Å². The van der Waals surface area contributed by atoms with Crippen molar-refractivity contribution < 1.29 is 33.3 Å². The summed E-state index contributed by atoms with van der Waals surface area (Å²) in [4.78, 5) is 38.3. The quantitative estimate of drug-likeness (QED) is 0.115. The van der Waals surface area contributed by atoms with Gasteiger partial charge in [0.1, 0.15) is 34.4 Å². The van der Waals surface area contributed by atoms with E-state index >= 15 is 4.39 Å². The highest BCUT2D eigenvalue weighted by Crippen LogP contribution is 2.46. The van der Waals surface area contributed by atoms with Crippen molar-refractivity contribution in [2.75, 3.05) is 16.8 Å². The van der Waals surface area contributed by atoms with Crippen molar-refractivity contribution in [1.82, 2.24) is 14.5 Å². The maximum atomic E-state index is 17.1. The highest BCUT2D eigenvalue weighted by molar-refractivity contribution is 6.14. The maximum Gasteiger partial charge on any atom is 0.425 e. The monoisotopic (exact) mass is 911 g/mol. The molecule has 0 aliphatic carbocycles. The number of phenolic OH excluding ortho intramolecular Hbond substituents is 1. The number of ether oxygens (including phenoxy) is 3. The summed E-state index contributed by atoms with van der Waals surface area (Å²) >= 11 is 0. The Morgan fingerprint density at radius 2 is 1.25 bits per heavy atom. The fourth-order valence-corrected chi connectivity index (χ4v) is 8.38. The molecule has 11 nitrogen and oxygen atoms in total. The third-order valence-corrected chi connectivity index (χ3v) is 11.1. The molecular weight excluding hydrogens is 858 g/mol. The molecular formula is C56H54FN5O6. The lowest BCUT2D eigenvalue weighted by Crippen LogP contribution is -2.44. The number of benzene rings is 6. The summed E-state index contributed by atoms with van der Waals surface area (Å²) < 4.78 is 36.5. The number of amides is 2. The van der Waals surface area contributed by atoms with Crippen molar-refractivity contribution >= 4 is 34.5 Å². The van der Waals surface area contributed by atoms with E-state index in [0.717, 1.165) is 27.2 Å². The van der Waals surface area contributed by atoms with Crippen molar-refractivity contribution in [2.45, 2.75) is 71.2 Å². The standard InChI is InChI=1S/C56H54FN5O6/c1-8-66-43-34-45(48(57)47(63)35-43)49(59-42-29-30-44-38(33-42)31-32-58-50(44)62(52(64)67-54(2,3)4)53(65)68-55(5,6)7)51-60-46(37-21-13-9-14-22-37)36-61(51)56(39-23-15-10-16-24-39,40-25-17-11-18-26-40)41-27-19-12-20-28-41/h9-36,49,59,63H,8H2,1-7H3. The van der Waals surface area contributed by atoms with Crippen LogP contribution in [0, 0.1) is 5.82 Å². The molecule has 68 heavy (non-hydrogen) atoms. The average molecular weight is 912 g/mol. The van der Waals surface area contributed by atoms with Gasteiger partial charge in [-0.1, -0.05) is 121 Å². The van der Waals surface area contributed by atoms with Gasteiger partial charge in [0, 0.05) is 40.7 Å². The molecule has 2 heterocycles. The second-order valence-corrected chi connectivity index (χ2v) is 18.3. The van der Waals surface area contributed by atoms with E-state index < -0.39 is 46.5 Å². The second-order valence-electron chi connectivity index (χ2n) is 18.3. The van der Waals surface area contributed by atoms with E-state index in [1.165, 1.54) is 12.3 Å². The van der Waals surface area contributed by atoms with Crippen LogP contribution in [-0.2, 0) is 15.0 Å². The molecule has 2 N–H and O–H groups in total. The van der Waals surface area contributed by atoms with E-state index in [1.54, 1.807) is 65.8 Å². The Hall–Kier alpha value is -7.99. The van der Waals surface area contributed by atoms with E-state index in [-0.39, 0.29) is 23.7 Å². The molecule has 1 atom stereocenters. The van der Waals surface area contributed by atoms with Crippen molar-refractivity contribution in [1.29, 1.82) is 0 Å². The number of aromatic nitrogens is 3. The molecule has 0 aliphatic rings. The number of rotatable bonds is 12. The molecule has 1 unspecified atom stereocenters. The van der Waals surface area contributed by atoms with Crippen molar-refractivity contribution in [3.8, 4) is 22.8 Å². The Balaban J connectivity index is 1.40. The first-order chi connectivity index (χ1) is 32.6. The first-order valence-electron chi connectivity index (χ1n) is 22.5. The van der Waals surface area contributed by atoms with Crippen LogP contribution in [0.1, 0.15) is 82.6 Å². The summed E-state index contributed by atoms with van der Waals surface area (Å²) in [6.07, 6.45) is 1.56. The molecule has 2 aromatic heterocycles.